The molecule has 0 fully saturated rings. The van der Waals surface area contributed by atoms with Crippen LogP contribution >= 0.6 is 0 Å². The summed E-state index contributed by atoms with van der Waals surface area (Å²) < 4.78 is 21.8. The van der Waals surface area contributed by atoms with Crippen molar-refractivity contribution < 1.29 is 38.1 Å². The molecule has 8 nitrogen and oxygen atoms in total. The molecule has 2 aromatic rings. The molecule has 0 aliphatic rings. The Hall–Kier alpha value is -4.72. The Kier molecular flexibility index (Phi) is 15.1. The Labute approximate surface area is 279 Å². The number of ether oxygens (including phenoxy) is 4. The van der Waals surface area contributed by atoms with E-state index >= 15 is 0 Å². The molecule has 2 rings (SSSR count). The van der Waals surface area contributed by atoms with Crippen LogP contribution in [0.25, 0.3) is 0 Å². The van der Waals surface area contributed by atoms with E-state index in [1.165, 1.54) is 0 Å². The summed E-state index contributed by atoms with van der Waals surface area (Å²) in [6, 6.07) is 17.8. The average molecular weight is 645 g/mol. The van der Waals surface area contributed by atoms with Crippen molar-refractivity contribution in [2.45, 2.75) is 77.0 Å². The van der Waals surface area contributed by atoms with E-state index in [0.717, 1.165) is 11.1 Å². The van der Waals surface area contributed by atoms with Gasteiger partial charge < -0.3 is 18.9 Å². The summed E-state index contributed by atoms with van der Waals surface area (Å²) in [5.74, 6) is -2.70. The van der Waals surface area contributed by atoms with Crippen LogP contribution in [-0.4, -0.2) is 43.9 Å². The number of allylic oxidation sites excluding steroid dienone is 2. The van der Waals surface area contributed by atoms with E-state index in [4.69, 9.17) is 18.9 Å². The van der Waals surface area contributed by atoms with Gasteiger partial charge in [0.25, 0.3) is 0 Å². The first-order valence-electron chi connectivity index (χ1n) is 15.9. The van der Waals surface area contributed by atoms with Gasteiger partial charge in [0, 0.05) is 11.1 Å². The van der Waals surface area contributed by atoms with Crippen molar-refractivity contribution in [3.8, 4) is 0 Å². The highest BCUT2D eigenvalue weighted by molar-refractivity contribution is 5.93. The van der Waals surface area contributed by atoms with Gasteiger partial charge in [0.2, 0.25) is 6.79 Å². The summed E-state index contributed by atoms with van der Waals surface area (Å²) in [5, 5.41) is 0. The fourth-order valence-corrected chi connectivity index (χ4v) is 5.43. The van der Waals surface area contributed by atoms with Crippen LogP contribution in [0.2, 0.25) is 0 Å². The zero-order valence-corrected chi connectivity index (χ0v) is 28.2. The van der Waals surface area contributed by atoms with Gasteiger partial charge >= 0.3 is 23.9 Å². The predicted octanol–water partition coefficient (Wildman–Crippen LogP) is 7.64. The average Bonchev–Trinajstić information content (AvgIpc) is 3.08. The molecule has 0 amide bonds. The number of hydrogen-bond donors (Lipinski definition) is 0. The largest absolute Gasteiger partial charge is 0.463 e. The summed E-state index contributed by atoms with van der Waals surface area (Å²) in [5.41, 5.74) is 0.0293. The highest BCUT2D eigenvalue weighted by Crippen LogP contribution is 2.41. The van der Waals surface area contributed by atoms with Crippen molar-refractivity contribution in [2.75, 3.05) is 20.0 Å². The Morgan fingerprint density at radius 1 is 0.532 bits per heavy atom. The molecule has 47 heavy (non-hydrogen) atoms. The molecule has 0 aliphatic carbocycles. The maximum Gasteiger partial charge on any atom is 0.333 e. The quantitative estimate of drug-likeness (QED) is 0.0476. The second-order valence-electron chi connectivity index (χ2n) is 11.4. The van der Waals surface area contributed by atoms with E-state index in [9.17, 15) is 19.2 Å². The van der Waals surface area contributed by atoms with E-state index < -0.39 is 41.5 Å². The van der Waals surface area contributed by atoms with Crippen molar-refractivity contribution in [1.82, 2.24) is 0 Å². The fraction of sp³-hybridized carbons (Fsp3) is 0.385. The second kappa shape index (κ2) is 18.4. The lowest BCUT2D eigenvalue weighted by Crippen LogP contribution is -2.42. The summed E-state index contributed by atoms with van der Waals surface area (Å²) >= 11 is 0. The van der Waals surface area contributed by atoms with Gasteiger partial charge in [-0.15, -0.1) is 0 Å². The third-order valence-corrected chi connectivity index (χ3v) is 8.08. The van der Waals surface area contributed by atoms with Crippen molar-refractivity contribution in [3.05, 3.63) is 120 Å². The summed E-state index contributed by atoms with van der Waals surface area (Å²) in [7, 11) is 0. The summed E-state index contributed by atoms with van der Waals surface area (Å²) in [6.07, 6.45) is 1.25. The van der Waals surface area contributed by atoms with E-state index in [1.807, 2.05) is 26.0 Å². The monoisotopic (exact) mass is 644 g/mol. The van der Waals surface area contributed by atoms with Crippen LogP contribution in [0, 0.1) is 0 Å². The molecule has 8 heteroatoms. The third-order valence-electron chi connectivity index (χ3n) is 8.08. The van der Waals surface area contributed by atoms with Crippen LogP contribution in [0.3, 0.4) is 0 Å². The standard InChI is InChI=1S/C39H48O8/c1-9-28(5)23-38(32-19-15-13-16-20-32,25-30(7)34(40)44-11-3)36(42)46-27-47-37(43)39(24-29(6)10-2,33-21-17-14-18-22-33)26-31(8)35(41)45-12-4/h13-22H,5-12,23-27H2,1-4H3. The lowest BCUT2D eigenvalue weighted by molar-refractivity contribution is -0.175. The number of benzene rings is 2. The minimum absolute atomic E-state index is 0.0900. The molecular weight excluding hydrogens is 596 g/mol. The first-order chi connectivity index (χ1) is 22.4. The van der Waals surface area contributed by atoms with Crippen LogP contribution in [0.5, 0.6) is 0 Å². The molecule has 0 aliphatic heterocycles. The molecule has 0 spiro atoms. The van der Waals surface area contributed by atoms with E-state index in [-0.39, 0.29) is 50.0 Å². The van der Waals surface area contributed by atoms with Crippen LogP contribution < -0.4 is 0 Å². The molecule has 252 valence electrons. The number of rotatable bonds is 20. The van der Waals surface area contributed by atoms with Gasteiger partial charge in [-0.2, -0.15) is 0 Å². The summed E-state index contributed by atoms with van der Waals surface area (Å²) in [4.78, 5) is 53.6. The third kappa shape index (κ3) is 10.1. The number of hydrogen-bond acceptors (Lipinski definition) is 8. The lowest BCUT2D eigenvalue weighted by atomic mass is 9.71. The molecule has 0 saturated carbocycles. The van der Waals surface area contributed by atoms with Crippen molar-refractivity contribution in [3.63, 3.8) is 0 Å². The molecule has 0 saturated heterocycles. The normalized spacial score (nSPS) is 13.2. The first kappa shape index (κ1) is 38.5. The predicted molar refractivity (Wildman–Crippen MR) is 182 cm³/mol. The molecule has 2 unspecified atom stereocenters. The van der Waals surface area contributed by atoms with Gasteiger partial charge in [-0.3, -0.25) is 9.59 Å². The van der Waals surface area contributed by atoms with Gasteiger partial charge in [-0.1, -0.05) is 112 Å². The first-order valence-corrected chi connectivity index (χ1v) is 15.9. The van der Waals surface area contributed by atoms with Crippen molar-refractivity contribution >= 4 is 23.9 Å². The Morgan fingerprint density at radius 3 is 1.17 bits per heavy atom. The Bertz CT molecular complexity index is 1330. The van der Waals surface area contributed by atoms with Crippen LogP contribution in [0.15, 0.2) is 109 Å². The number of carbonyl (C=O) groups is 4. The molecule has 0 N–H and O–H groups in total. The van der Waals surface area contributed by atoms with Crippen molar-refractivity contribution in [1.29, 1.82) is 0 Å². The minimum Gasteiger partial charge on any atom is -0.463 e. The SMILES string of the molecule is C=C(CC)CC(CC(=C)C(=O)OCC)(C(=O)OCOC(=O)C(CC(=C)CC)(CC(=C)C(=O)OCC)c1ccccc1)c1ccccc1. The molecule has 0 bridgehead atoms. The molecular formula is C39H48O8. The molecule has 2 atom stereocenters. The van der Waals surface area contributed by atoms with E-state index in [0.29, 0.717) is 24.0 Å². The zero-order chi connectivity index (χ0) is 35.0. The molecule has 0 radical (unpaired) electrons. The highest BCUT2D eigenvalue weighted by atomic mass is 16.7. The maximum absolute atomic E-state index is 14.2. The smallest absolute Gasteiger partial charge is 0.333 e. The van der Waals surface area contributed by atoms with E-state index in [2.05, 4.69) is 26.3 Å². The maximum atomic E-state index is 14.2. The van der Waals surface area contributed by atoms with Crippen LogP contribution in [0.1, 0.15) is 77.3 Å². The molecule has 0 aromatic heterocycles. The van der Waals surface area contributed by atoms with Gasteiger partial charge in [0.05, 0.1) is 13.2 Å². The number of carbonyl (C=O) groups excluding carboxylic acids is 4. The van der Waals surface area contributed by atoms with Crippen LogP contribution in [-0.2, 0) is 49.0 Å². The Morgan fingerprint density at radius 2 is 0.872 bits per heavy atom. The zero-order valence-electron chi connectivity index (χ0n) is 28.2. The van der Waals surface area contributed by atoms with Crippen LogP contribution in [0.4, 0.5) is 0 Å². The van der Waals surface area contributed by atoms with Crippen molar-refractivity contribution in [2.24, 2.45) is 0 Å². The Balaban J connectivity index is 2.51. The molecule has 0 heterocycles. The van der Waals surface area contributed by atoms with E-state index in [1.54, 1.807) is 62.4 Å². The summed E-state index contributed by atoms with van der Waals surface area (Å²) in [6.45, 7) is 22.9. The topological polar surface area (TPSA) is 105 Å². The van der Waals surface area contributed by atoms with Gasteiger partial charge in [-0.05, 0) is 63.5 Å². The minimum atomic E-state index is -1.41. The fourth-order valence-electron chi connectivity index (χ4n) is 5.43. The lowest BCUT2D eigenvalue weighted by Gasteiger charge is -2.34. The number of esters is 4. The van der Waals surface area contributed by atoms with Gasteiger partial charge in [-0.25, -0.2) is 9.59 Å². The van der Waals surface area contributed by atoms with Gasteiger partial charge in [0.15, 0.2) is 0 Å². The second-order valence-corrected chi connectivity index (χ2v) is 11.4. The highest BCUT2D eigenvalue weighted by Gasteiger charge is 2.46. The van der Waals surface area contributed by atoms with Gasteiger partial charge in [0.1, 0.15) is 10.8 Å². The molecule has 2 aromatic carbocycles.